The molecule has 0 bridgehead atoms. The maximum Gasteiger partial charge on any atom is 0.387 e. The number of ether oxygens (including phenoxy) is 2. The van der Waals surface area contributed by atoms with Gasteiger partial charge in [0.15, 0.2) is 11.5 Å². The zero-order valence-corrected chi connectivity index (χ0v) is 17.5. The summed E-state index contributed by atoms with van der Waals surface area (Å²) in [6.07, 6.45) is 1.40. The molecule has 162 valence electrons. The highest BCUT2D eigenvalue weighted by Gasteiger charge is 2.36. The van der Waals surface area contributed by atoms with Gasteiger partial charge in [0.25, 0.3) is 11.1 Å². The SMILES string of the molecule is COc1cc(/C=C2\SC(=O)N(CC(=O)Nc3ccc(Cl)cc3)C2=O)ccc1OC(F)F. The largest absolute Gasteiger partial charge is 0.493 e. The van der Waals surface area contributed by atoms with Gasteiger partial charge in [0.05, 0.1) is 12.0 Å². The van der Waals surface area contributed by atoms with Gasteiger partial charge in [0.2, 0.25) is 5.91 Å². The fourth-order valence-electron chi connectivity index (χ4n) is 2.63. The summed E-state index contributed by atoms with van der Waals surface area (Å²) in [5.74, 6) is -1.33. The number of nitrogens with one attached hydrogen (secondary N) is 1. The molecule has 7 nitrogen and oxygen atoms in total. The summed E-state index contributed by atoms with van der Waals surface area (Å²) in [7, 11) is 1.28. The first-order valence-electron chi connectivity index (χ1n) is 8.70. The molecule has 0 aliphatic carbocycles. The Morgan fingerprint density at radius 2 is 1.90 bits per heavy atom. The van der Waals surface area contributed by atoms with Crippen molar-refractivity contribution in [1.82, 2.24) is 4.90 Å². The highest BCUT2D eigenvalue weighted by Crippen LogP contribution is 2.35. The molecular formula is C20H15ClF2N2O5S. The first-order valence-corrected chi connectivity index (χ1v) is 9.90. The van der Waals surface area contributed by atoms with Crippen molar-refractivity contribution in [3.63, 3.8) is 0 Å². The van der Waals surface area contributed by atoms with Crippen molar-refractivity contribution in [1.29, 1.82) is 0 Å². The second-order valence-electron chi connectivity index (χ2n) is 6.11. The number of nitrogens with zero attached hydrogens (tertiary/aromatic N) is 1. The lowest BCUT2D eigenvalue weighted by Crippen LogP contribution is -2.36. The first-order chi connectivity index (χ1) is 14.8. The van der Waals surface area contributed by atoms with Crippen molar-refractivity contribution in [2.45, 2.75) is 6.61 Å². The molecule has 31 heavy (non-hydrogen) atoms. The van der Waals surface area contributed by atoms with Gasteiger partial charge in [-0.1, -0.05) is 17.7 Å². The molecule has 11 heteroatoms. The van der Waals surface area contributed by atoms with Gasteiger partial charge in [0.1, 0.15) is 6.54 Å². The maximum absolute atomic E-state index is 12.6. The van der Waals surface area contributed by atoms with Crippen LogP contribution in [0, 0.1) is 0 Å². The lowest BCUT2D eigenvalue weighted by molar-refractivity contribution is -0.127. The molecule has 2 aromatic rings. The predicted octanol–water partition coefficient (Wildman–Crippen LogP) is 4.63. The Labute approximate surface area is 184 Å². The number of carbonyl (C=O) groups is 3. The molecular weight excluding hydrogens is 454 g/mol. The van der Waals surface area contributed by atoms with Crippen LogP contribution in [0.25, 0.3) is 6.08 Å². The van der Waals surface area contributed by atoms with Crippen molar-refractivity contribution in [3.8, 4) is 11.5 Å². The van der Waals surface area contributed by atoms with E-state index in [0.29, 0.717) is 28.0 Å². The molecule has 1 N–H and O–H groups in total. The molecule has 1 saturated heterocycles. The number of anilines is 1. The van der Waals surface area contributed by atoms with E-state index in [-0.39, 0.29) is 16.4 Å². The highest BCUT2D eigenvalue weighted by molar-refractivity contribution is 8.18. The summed E-state index contributed by atoms with van der Waals surface area (Å²) in [5.41, 5.74) is 0.893. The summed E-state index contributed by atoms with van der Waals surface area (Å²) in [6, 6.07) is 10.4. The summed E-state index contributed by atoms with van der Waals surface area (Å²) in [5, 5.41) is 2.47. The van der Waals surface area contributed by atoms with Crippen LogP contribution in [0.3, 0.4) is 0 Å². The number of halogens is 3. The minimum atomic E-state index is -3.02. The Kier molecular flexibility index (Phi) is 7.13. The molecule has 1 fully saturated rings. The Morgan fingerprint density at radius 3 is 2.55 bits per heavy atom. The number of methoxy groups -OCH3 is 1. The van der Waals surface area contributed by atoms with Gasteiger partial charge < -0.3 is 14.8 Å². The van der Waals surface area contributed by atoms with Crippen LogP contribution >= 0.6 is 23.4 Å². The second kappa shape index (κ2) is 9.80. The predicted molar refractivity (Wildman–Crippen MR) is 112 cm³/mol. The molecule has 3 amide bonds. The molecule has 0 saturated carbocycles. The van der Waals surface area contributed by atoms with Crippen LogP contribution in [0.2, 0.25) is 5.02 Å². The Bertz CT molecular complexity index is 1050. The number of hydrogen-bond donors (Lipinski definition) is 1. The van der Waals surface area contributed by atoms with Gasteiger partial charge in [-0.15, -0.1) is 0 Å². The lowest BCUT2D eigenvalue weighted by Gasteiger charge is -2.12. The smallest absolute Gasteiger partial charge is 0.387 e. The molecule has 0 unspecified atom stereocenters. The van der Waals surface area contributed by atoms with Gasteiger partial charge in [-0.2, -0.15) is 8.78 Å². The first kappa shape index (κ1) is 22.6. The van der Waals surface area contributed by atoms with Crippen molar-refractivity contribution in [2.24, 2.45) is 0 Å². The minimum absolute atomic E-state index is 0.0376. The highest BCUT2D eigenvalue weighted by atomic mass is 35.5. The molecule has 1 aliphatic rings. The number of benzene rings is 2. The zero-order chi connectivity index (χ0) is 22.5. The van der Waals surface area contributed by atoms with E-state index in [1.807, 2.05) is 0 Å². The van der Waals surface area contributed by atoms with Crippen LogP contribution < -0.4 is 14.8 Å². The third-order valence-electron chi connectivity index (χ3n) is 4.00. The molecule has 1 aliphatic heterocycles. The van der Waals surface area contributed by atoms with E-state index < -0.39 is 30.2 Å². The summed E-state index contributed by atoms with van der Waals surface area (Å²) in [6.45, 7) is -3.48. The topological polar surface area (TPSA) is 84.9 Å². The van der Waals surface area contributed by atoms with E-state index in [9.17, 15) is 23.2 Å². The van der Waals surface area contributed by atoms with Crippen LogP contribution in [0.5, 0.6) is 11.5 Å². The van der Waals surface area contributed by atoms with E-state index in [0.717, 1.165) is 4.90 Å². The van der Waals surface area contributed by atoms with Crippen LogP contribution in [-0.2, 0) is 9.59 Å². The number of alkyl halides is 2. The Balaban J connectivity index is 1.71. The summed E-state index contributed by atoms with van der Waals surface area (Å²) >= 11 is 6.45. The number of hydrogen-bond acceptors (Lipinski definition) is 6. The molecule has 3 rings (SSSR count). The van der Waals surface area contributed by atoms with Crippen molar-refractivity contribution in [2.75, 3.05) is 19.0 Å². The van der Waals surface area contributed by atoms with Crippen LogP contribution in [-0.4, -0.2) is 42.2 Å². The van der Waals surface area contributed by atoms with Crippen LogP contribution in [0.4, 0.5) is 19.3 Å². The van der Waals surface area contributed by atoms with E-state index in [2.05, 4.69) is 10.1 Å². The number of rotatable bonds is 7. The van der Waals surface area contributed by atoms with E-state index in [1.165, 1.54) is 31.4 Å². The molecule has 0 radical (unpaired) electrons. The fourth-order valence-corrected chi connectivity index (χ4v) is 3.60. The number of imide groups is 1. The molecule has 1 heterocycles. The van der Waals surface area contributed by atoms with Gasteiger partial charge in [-0.25, -0.2) is 0 Å². The van der Waals surface area contributed by atoms with Crippen molar-refractivity contribution < 1.29 is 32.6 Å². The second-order valence-corrected chi connectivity index (χ2v) is 7.54. The van der Waals surface area contributed by atoms with Crippen LogP contribution in [0.15, 0.2) is 47.4 Å². The van der Waals surface area contributed by atoms with E-state index in [4.69, 9.17) is 16.3 Å². The van der Waals surface area contributed by atoms with Gasteiger partial charge >= 0.3 is 6.61 Å². The normalized spacial score (nSPS) is 15.0. The number of amides is 3. The van der Waals surface area contributed by atoms with Gasteiger partial charge in [0, 0.05) is 10.7 Å². The van der Waals surface area contributed by atoms with Crippen LogP contribution in [0.1, 0.15) is 5.56 Å². The number of carbonyl (C=O) groups excluding carboxylic acids is 3. The standard InChI is InChI=1S/C20H15ClF2N2O5S/c1-29-15-8-11(2-7-14(15)30-19(22)23)9-16-18(27)25(20(28)31-16)10-17(26)24-13-5-3-12(21)4-6-13/h2-9,19H,10H2,1H3,(H,24,26)/b16-9-. The van der Waals surface area contributed by atoms with Gasteiger partial charge in [-0.3, -0.25) is 19.3 Å². The minimum Gasteiger partial charge on any atom is -0.493 e. The maximum atomic E-state index is 12.6. The summed E-state index contributed by atoms with van der Waals surface area (Å²) in [4.78, 5) is 37.9. The summed E-state index contributed by atoms with van der Waals surface area (Å²) < 4.78 is 34.3. The fraction of sp³-hybridized carbons (Fsp3) is 0.150. The number of thioether (sulfide) groups is 1. The lowest BCUT2D eigenvalue weighted by atomic mass is 10.2. The molecule has 0 spiro atoms. The third kappa shape index (κ3) is 5.74. The monoisotopic (exact) mass is 468 g/mol. The van der Waals surface area contributed by atoms with E-state index >= 15 is 0 Å². The Morgan fingerprint density at radius 1 is 1.19 bits per heavy atom. The molecule has 0 aromatic heterocycles. The van der Waals surface area contributed by atoms with Crippen molar-refractivity contribution >= 4 is 52.2 Å². The average molecular weight is 469 g/mol. The zero-order valence-electron chi connectivity index (χ0n) is 15.9. The molecule has 2 aromatic carbocycles. The molecule has 0 atom stereocenters. The Hall–Kier alpha value is -3.11. The van der Waals surface area contributed by atoms with Crippen molar-refractivity contribution in [3.05, 3.63) is 58.0 Å². The third-order valence-corrected chi connectivity index (χ3v) is 5.16. The van der Waals surface area contributed by atoms with E-state index in [1.54, 1.807) is 24.3 Å². The average Bonchev–Trinajstić information content (AvgIpc) is 2.97. The quantitative estimate of drug-likeness (QED) is 0.597. The van der Waals surface area contributed by atoms with Gasteiger partial charge in [-0.05, 0) is 59.8 Å².